The molecular weight excluding hydrogens is 422 g/mol. The minimum absolute atomic E-state index is 0.0379. The van der Waals surface area contributed by atoms with Gasteiger partial charge in [0.1, 0.15) is 6.33 Å². The molecule has 1 N–H and O–H groups in total. The van der Waals surface area contributed by atoms with Crippen LogP contribution in [0.15, 0.2) is 24.5 Å². The van der Waals surface area contributed by atoms with Gasteiger partial charge in [-0.2, -0.15) is 0 Å². The molecule has 2 aliphatic heterocycles. The summed E-state index contributed by atoms with van der Waals surface area (Å²) >= 11 is 0. The Hall–Kier alpha value is -2.98. The predicted molar refractivity (Wildman–Crippen MR) is 129 cm³/mol. The summed E-state index contributed by atoms with van der Waals surface area (Å²) in [6, 6.07) is 6.34. The number of hydrogen-bond donors (Lipinski definition) is 1. The minimum atomic E-state index is -0.364. The first-order valence-electron chi connectivity index (χ1n) is 11.6. The molecule has 3 heterocycles. The quantitative estimate of drug-likeness (QED) is 0.365. The highest BCUT2D eigenvalue weighted by Crippen LogP contribution is 2.33. The van der Waals surface area contributed by atoms with Crippen LogP contribution < -0.4 is 15.1 Å². The van der Waals surface area contributed by atoms with Crippen molar-refractivity contribution in [2.45, 2.75) is 20.3 Å². The molecule has 0 bridgehead atoms. The summed E-state index contributed by atoms with van der Waals surface area (Å²) in [5.41, 5.74) is 3.74. The summed E-state index contributed by atoms with van der Waals surface area (Å²) in [6.07, 6.45) is 2.30. The highest BCUT2D eigenvalue weighted by Gasteiger charge is 2.29. The van der Waals surface area contributed by atoms with Gasteiger partial charge in [0, 0.05) is 51.5 Å². The van der Waals surface area contributed by atoms with E-state index in [1.165, 1.54) is 23.1 Å². The van der Waals surface area contributed by atoms with Gasteiger partial charge in [0.15, 0.2) is 0 Å². The first-order chi connectivity index (χ1) is 16.0. The van der Waals surface area contributed by atoms with Crippen molar-refractivity contribution < 1.29 is 9.66 Å². The van der Waals surface area contributed by atoms with Gasteiger partial charge in [-0.25, -0.2) is 9.97 Å². The first kappa shape index (κ1) is 23.2. The third-order valence-electron chi connectivity index (χ3n) is 6.53. The maximum absolute atomic E-state index is 12.0. The number of aromatic nitrogens is 2. The zero-order valence-corrected chi connectivity index (χ0v) is 19.5. The van der Waals surface area contributed by atoms with Crippen LogP contribution in [-0.4, -0.2) is 85.4 Å². The SMILES string of the molecule is Cc1cccc(N2CCN(c3ncnc(NCCCN4CCOCC4)c3[N+](=O)[O-])CC2)c1C. The number of ether oxygens (including phenoxy) is 1. The molecule has 2 aromatic rings. The summed E-state index contributed by atoms with van der Waals surface area (Å²) in [5, 5.41) is 15.1. The van der Waals surface area contributed by atoms with Gasteiger partial charge in [0.25, 0.3) is 0 Å². The Bertz CT molecular complexity index is 957. The van der Waals surface area contributed by atoms with Crippen molar-refractivity contribution in [1.29, 1.82) is 0 Å². The molecule has 1 aromatic heterocycles. The van der Waals surface area contributed by atoms with Crippen LogP contribution in [-0.2, 0) is 4.74 Å². The number of aryl methyl sites for hydroxylation is 1. The first-order valence-corrected chi connectivity index (χ1v) is 11.6. The lowest BCUT2D eigenvalue weighted by molar-refractivity contribution is -0.383. The number of nitro groups is 1. The van der Waals surface area contributed by atoms with E-state index in [-0.39, 0.29) is 10.6 Å². The van der Waals surface area contributed by atoms with E-state index in [1.54, 1.807) is 0 Å². The second-order valence-corrected chi connectivity index (χ2v) is 8.58. The smallest absolute Gasteiger partial charge is 0.353 e. The molecule has 0 atom stereocenters. The Labute approximate surface area is 194 Å². The molecule has 10 nitrogen and oxygen atoms in total. The molecule has 0 radical (unpaired) electrons. The van der Waals surface area contributed by atoms with Gasteiger partial charge in [-0.3, -0.25) is 15.0 Å². The van der Waals surface area contributed by atoms with Gasteiger partial charge in [0.2, 0.25) is 11.6 Å². The maximum Gasteiger partial charge on any atom is 0.353 e. The zero-order chi connectivity index (χ0) is 23.2. The van der Waals surface area contributed by atoms with Crippen molar-refractivity contribution in [3.05, 3.63) is 45.8 Å². The Morgan fingerprint density at radius 2 is 1.79 bits per heavy atom. The molecule has 33 heavy (non-hydrogen) atoms. The van der Waals surface area contributed by atoms with E-state index in [0.717, 1.165) is 52.4 Å². The Kier molecular flexibility index (Phi) is 7.56. The van der Waals surface area contributed by atoms with E-state index in [0.29, 0.717) is 31.3 Å². The molecule has 0 unspecified atom stereocenters. The van der Waals surface area contributed by atoms with E-state index >= 15 is 0 Å². The topological polar surface area (TPSA) is 99.9 Å². The average Bonchev–Trinajstić information content (AvgIpc) is 2.84. The van der Waals surface area contributed by atoms with Gasteiger partial charge < -0.3 is 19.9 Å². The summed E-state index contributed by atoms with van der Waals surface area (Å²) in [7, 11) is 0. The third-order valence-corrected chi connectivity index (χ3v) is 6.53. The number of anilines is 3. The van der Waals surface area contributed by atoms with Crippen LogP contribution in [0, 0.1) is 24.0 Å². The maximum atomic E-state index is 12.0. The number of hydrogen-bond acceptors (Lipinski definition) is 9. The second-order valence-electron chi connectivity index (χ2n) is 8.58. The largest absolute Gasteiger partial charge is 0.379 e. The number of nitrogens with one attached hydrogen (secondary N) is 1. The zero-order valence-electron chi connectivity index (χ0n) is 19.5. The lowest BCUT2D eigenvalue weighted by atomic mass is 10.1. The lowest BCUT2D eigenvalue weighted by Gasteiger charge is -2.37. The molecule has 2 saturated heterocycles. The number of nitrogens with zero attached hydrogens (tertiary/aromatic N) is 6. The number of benzene rings is 1. The molecule has 0 aliphatic carbocycles. The molecule has 2 aliphatic rings. The highest BCUT2D eigenvalue weighted by molar-refractivity contribution is 5.71. The lowest BCUT2D eigenvalue weighted by Crippen LogP contribution is -2.47. The Morgan fingerprint density at radius 3 is 2.52 bits per heavy atom. The van der Waals surface area contributed by atoms with E-state index in [4.69, 9.17) is 4.74 Å². The number of morpholine rings is 1. The van der Waals surface area contributed by atoms with Crippen LogP contribution in [0.5, 0.6) is 0 Å². The Balaban J connectivity index is 1.39. The van der Waals surface area contributed by atoms with Gasteiger partial charge in [-0.1, -0.05) is 12.1 Å². The fraction of sp³-hybridized carbons (Fsp3) is 0.565. The molecule has 1 aromatic carbocycles. The van der Waals surface area contributed by atoms with Crippen LogP contribution in [0.4, 0.5) is 23.0 Å². The third kappa shape index (κ3) is 5.51. The summed E-state index contributed by atoms with van der Waals surface area (Å²) in [4.78, 5) is 26.8. The summed E-state index contributed by atoms with van der Waals surface area (Å²) < 4.78 is 5.37. The van der Waals surface area contributed by atoms with Crippen molar-refractivity contribution in [3.8, 4) is 0 Å². The van der Waals surface area contributed by atoms with E-state index in [2.05, 4.69) is 57.1 Å². The molecule has 0 amide bonds. The standard InChI is InChI=1S/C23H33N7O3/c1-18-5-3-6-20(19(18)2)28-9-11-29(12-10-28)23-21(30(31)32)22(25-17-26-23)24-7-4-8-27-13-15-33-16-14-27/h3,5-6,17H,4,7-16H2,1-2H3,(H,24,25,26). The van der Waals surface area contributed by atoms with Crippen LogP contribution in [0.25, 0.3) is 0 Å². The van der Waals surface area contributed by atoms with Gasteiger partial charge in [0.05, 0.1) is 18.1 Å². The monoisotopic (exact) mass is 455 g/mol. The fourth-order valence-electron chi connectivity index (χ4n) is 4.47. The van der Waals surface area contributed by atoms with Gasteiger partial charge in [-0.15, -0.1) is 0 Å². The molecule has 178 valence electrons. The Morgan fingerprint density at radius 1 is 1.06 bits per heavy atom. The fourth-order valence-corrected chi connectivity index (χ4v) is 4.47. The average molecular weight is 456 g/mol. The number of piperazine rings is 1. The molecule has 0 spiro atoms. The second kappa shape index (κ2) is 10.8. The number of rotatable bonds is 8. The summed E-state index contributed by atoms with van der Waals surface area (Å²) in [5.74, 6) is 0.690. The van der Waals surface area contributed by atoms with E-state index < -0.39 is 0 Å². The van der Waals surface area contributed by atoms with Crippen LogP contribution >= 0.6 is 0 Å². The van der Waals surface area contributed by atoms with Crippen molar-refractivity contribution in [2.75, 3.05) is 80.7 Å². The van der Waals surface area contributed by atoms with Crippen molar-refractivity contribution in [3.63, 3.8) is 0 Å². The predicted octanol–water partition coefficient (Wildman–Crippen LogP) is 2.46. The normalized spacial score (nSPS) is 17.3. The van der Waals surface area contributed by atoms with Gasteiger partial charge in [-0.05, 0) is 44.0 Å². The molecule has 2 fully saturated rings. The van der Waals surface area contributed by atoms with Crippen molar-refractivity contribution in [2.24, 2.45) is 0 Å². The summed E-state index contributed by atoms with van der Waals surface area (Å²) in [6.45, 7) is 12.1. The minimum Gasteiger partial charge on any atom is -0.379 e. The highest BCUT2D eigenvalue weighted by atomic mass is 16.6. The van der Waals surface area contributed by atoms with Crippen LogP contribution in [0.1, 0.15) is 17.5 Å². The molecule has 4 rings (SSSR count). The van der Waals surface area contributed by atoms with E-state index in [1.807, 2.05) is 4.90 Å². The molecule has 10 heteroatoms. The van der Waals surface area contributed by atoms with Crippen molar-refractivity contribution >= 4 is 23.0 Å². The molecular formula is C23H33N7O3. The van der Waals surface area contributed by atoms with E-state index in [9.17, 15) is 10.1 Å². The van der Waals surface area contributed by atoms with Crippen LogP contribution in [0.3, 0.4) is 0 Å². The molecule has 0 saturated carbocycles. The van der Waals surface area contributed by atoms with Crippen LogP contribution in [0.2, 0.25) is 0 Å². The van der Waals surface area contributed by atoms with Gasteiger partial charge >= 0.3 is 5.69 Å². The van der Waals surface area contributed by atoms with Crippen molar-refractivity contribution in [1.82, 2.24) is 14.9 Å².